The third-order valence-electron chi connectivity index (χ3n) is 5.72. The molecule has 3 nitrogen and oxygen atoms in total. The van der Waals surface area contributed by atoms with Crippen molar-refractivity contribution < 1.29 is 13.6 Å². The topological polar surface area (TPSA) is 41.1 Å². The lowest BCUT2D eigenvalue weighted by Gasteiger charge is -2.34. The Morgan fingerprint density at radius 3 is 2.25 bits per heavy atom. The molecule has 0 saturated carbocycles. The molecular formula is C23H24F2N2O. The summed E-state index contributed by atoms with van der Waals surface area (Å²) in [5.74, 6) is -1.40. The predicted octanol–water partition coefficient (Wildman–Crippen LogP) is 5.80. The number of hydrogen-bond acceptors (Lipinski definition) is 3. The minimum Gasteiger partial charge on any atom is -0.372 e. The quantitative estimate of drug-likeness (QED) is 0.655. The molecule has 0 amide bonds. The summed E-state index contributed by atoms with van der Waals surface area (Å²) in [6.07, 6.45) is 0.977. The van der Waals surface area contributed by atoms with Crippen molar-refractivity contribution in [3.8, 4) is 0 Å². The predicted molar refractivity (Wildman–Crippen MR) is 107 cm³/mol. The number of carbonyl (C=O) groups excluding carboxylic acids is 1. The van der Waals surface area contributed by atoms with Gasteiger partial charge in [0, 0.05) is 17.7 Å². The van der Waals surface area contributed by atoms with E-state index < -0.39 is 17.7 Å². The molecule has 2 aliphatic rings. The average Bonchev–Trinajstić information content (AvgIpc) is 2.71. The van der Waals surface area contributed by atoms with Gasteiger partial charge in [-0.1, -0.05) is 19.9 Å². The first kappa shape index (κ1) is 18.7. The largest absolute Gasteiger partial charge is 0.372 e. The molecule has 0 unspecified atom stereocenters. The highest BCUT2D eigenvalue weighted by Gasteiger charge is 2.40. The van der Waals surface area contributed by atoms with Crippen molar-refractivity contribution in [2.75, 3.05) is 10.6 Å². The summed E-state index contributed by atoms with van der Waals surface area (Å²) in [5.41, 5.74) is 4.55. The molecular weight excluding hydrogens is 358 g/mol. The molecule has 1 heterocycles. The number of benzene rings is 2. The van der Waals surface area contributed by atoms with Crippen LogP contribution >= 0.6 is 0 Å². The number of hydrogen-bond donors (Lipinski definition) is 2. The molecule has 1 aliphatic carbocycles. The molecule has 146 valence electrons. The Morgan fingerprint density at radius 1 is 1.00 bits per heavy atom. The van der Waals surface area contributed by atoms with Gasteiger partial charge in [-0.2, -0.15) is 0 Å². The molecule has 2 aromatic carbocycles. The zero-order valence-corrected chi connectivity index (χ0v) is 16.5. The Labute approximate surface area is 163 Å². The molecule has 1 atom stereocenters. The summed E-state index contributed by atoms with van der Waals surface area (Å²) < 4.78 is 29.4. The molecule has 0 bridgehead atoms. The van der Waals surface area contributed by atoms with Gasteiger partial charge in [0.25, 0.3) is 0 Å². The van der Waals surface area contributed by atoms with Crippen LogP contribution in [0.25, 0.3) is 0 Å². The molecule has 4 rings (SSSR count). The van der Waals surface area contributed by atoms with Crippen LogP contribution in [0.2, 0.25) is 0 Å². The van der Waals surface area contributed by atoms with Gasteiger partial charge in [0.05, 0.1) is 23.0 Å². The Morgan fingerprint density at radius 2 is 1.61 bits per heavy atom. The Bertz CT molecular complexity index is 1000. The maximum atomic E-state index is 14.7. The van der Waals surface area contributed by atoms with Crippen LogP contribution in [0.15, 0.2) is 41.6 Å². The summed E-state index contributed by atoms with van der Waals surface area (Å²) in [6, 6.07) is 6.89. The molecule has 0 fully saturated rings. The molecule has 0 aromatic heterocycles. The van der Waals surface area contributed by atoms with Crippen molar-refractivity contribution in [2.24, 2.45) is 5.41 Å². The second-order valence-corrected chi connectivity index (χ2v) is 8.65. The number of anilines is 2. The Kier molecular flexibility index (Phi) is 4.29. The van der Waals surface area contributed by atoms with Crippen molar-refractivity contribution in [2.45, 2.75) is 46.6 Å². The monoisotopic (exact) mass is 382 g/mol. The second kappa shape index (κ2) is 6.43. The van der Waals surface area contributed by atoms with E-state index in [2.05, 4.69) is 10.6 Å². The van der Waals surface area contributed by atoms with E-state index in [1.165, 1.54) is 18.2 Å². The first-order valence-electron chi connectivity index (χ1n) is 9.51. The number of halogens is 2. The number of aryl methyl sites for hydroxylation is 2. The second-order valence-electron chi connectivity index (χ2n) is 8.65. The lowest BCUT2D eigenvalue weighted by atomic mass is 9.73. The fourth-order valence-electron chi connectivity index (χ4n) is 4.21. The number of Topliss-reactive ketones (excluding diaryl/α,β-unsaturated/α-hetero) is 1. The van der Waals surface area contributed by atoms with E-state index in [1.54, 1.807) is 0 Å². The maximum Gasteiger partial charge on any atom is 0.163 e. The van der Waals surface area contributed by atoms with Crippen molar-refractivity contribution in [3.63, 3.8) is 0 Å². The molecule has 0 saturated heterocycles. The molecule has 0 radical (unpaired) electrons. The minimum absolute atomic E-state index is 0.0832. The molecule has 2 aromatic rings. The molecule has 1 aliphatic heterocycles. The number of carbonyl (C=O) groups is 1. The zero-order valence-electron chi connectivity index (χ0n) is 16.5. The minimum atomic E-state index is -0.879. The Hall–Kier alpha value is -2.69. The summed E-state index contributed by atoms with van der Waals surface area (Å²) >= 11 is 0. The van der Waals surface area contributed by atoms with Crippen LogP contribution in [0.1, 0.15) is 49.4 Å². The van der Waals surface area contributed by atoms with Gasteiger partial charge in [-0.25, -0.2) is 8.78 Å². The lowest BCUT2D eigenvalue weighted by Crippen LogP contribution is -2.32. The van der Waals surface area contributed by atoms with Gasteiger partial charge >= 0.3 is 0 Å². The number of rotatable bonds is 1. The standard InChI is InChI=1S/C23H24F2N2O/c1-12-8-16-17(9-13(12)2)27-22(20-14(24)6-5-7-15(20)25)21-18(26-16)10-23(3,4)11-19(21)28/h5-9,22,26-27H,10-11H2,1-4H3/t22-/m1/s1. The number of ketones is 1. The van der Waals surface area contributed by atoms with Gasteiger partial charge in [0.2, 0.25) is 0 Å². The van der Waals surface area contributed by atoms with Crippen LogP contribution in [-0.4, -0.2) is 5.78 Å². The van der Waals surface area contributed by atoms with Crippen LogP contribution in [0.4, 0.5) is 20.2 Å². The number of nitrogens with one attached hydrogen (secondary N) is 2. The summed E-state index contributed by atoms with van der Waals surface area (Å²) in [5, 5.41) is 6.67. The number of allylic oxidation sites excluding steroid dienone is 1. The van der Waals surface area contributed by atoms with E-state index >= 15 is 0 Å². The molecule has 0 spiro atoms. The lowest BCUT2D eigenvalue weighted by molar-refractivity contribution is -0.118. The van der Waals surface area contributed by atoms with Crippen LogP contribution < -0.4 is 10.6 Å². The van der Waals surface area contributed by atoms with Gasteiger partial charge in [-0.3, -0.25) is 4.79 Å². The van der Waals surface area contributed by atoms with E-state index in [0.717, 1.165) is 28.2 Å². The van der Waals surface area contributed by atoms with E-state index in [0.29, 0.717) is 18.4 Å². The van der Waals surface area contributed by atoms with E-state index in [9.17, 15) is 13.6 Å². The third-order valence-corrected chi connectivity index (χ3v) is 5.72. The van der Waals surface area contributed by atoms with E-state index in [4.69, 9.17) is 0 Å². The van der Waals surface area contributed by atoms with Crippen molar-refractivity contribution in [1.82, 2.24) is 0 Å². The smallest absolute Gasteiger partial charge is 0.163 e. The van der Waals surface area contributed by atoms with Crippen molar-refractivity contribution >= 4 is 17.2 Å². The zero-order chi connectivity index (χ0) is 20.2. The van der Waals surface area contributed by atoms with Crippen LogP contribution in [0.5, 0.6) is 0 Å². The van der Waals surface area contributed by atoms with Crippen LogP contribution in [0.3, 0.4) is 0 Å². The summed E-state index contributed by atoms with van der Waals surface area (Å²) in [7, 11) is 0. The fourth-order valence-corrected chi connectivity index (χ4v) is 4.21. The van der Waals surface area contributed by atoms with Gasteiger partial charge in [0.15, 0.2) is 5.78 Å². The first-order chi connectivity index (χ1) is 13.2. The highest BCUT2D eigenvalue weighted by atomic mass is 19.1. The average molecular weight is 382 g/mol. The van der Waals surface area contributed by atoms with Crippen LogP contribution in [-0.2, 0) is 4.79 Å². The Balaban J connectivity index is 1.96. The molecule has 28 heavy (non-hydrogen) atoms. The van der Waals surface area contributed by atoms with Crippen LogP contribution in [0, 0.1) is 30.9 Å². The molecule has 5 heteroatoms. The van der Waals surface area contributed by atoms with E-state index in [-0.39, 0.29) is 16.8 Å². The summed E-state index contributed by atoms with van der Waals surface area (Å²) in [4.78, 5) is 13.1. The maximum absolute atomic E-state index is 14.7. The first-order valence-corrected chi connectivity index (χ1v) is 9.51. The highest BCUT2D eigenvalue weighted by Crippen LogP contribution is 2.46. The third kappa shape index (κ3) is 3.09. The van der Waals surface area contributed by atoms with Gasteiger partial charge in [0.1, 0.15) is 11.6 Å². The van der Waals surface area contributed by atoms with E-state index in [1.807, 2.05) is 39.8 Å². The fraction of sp³-hybridized carbons (Fsp3) is 0.348. The van der Waals surface area contributed by atoms with Gasteiger partial charge in [-0.15, -0.1) is 0 Å². The normalized spacial score (nSPS) is 20.6. The van der Waals surface area contributed by atoms with Crippen molar-refractivity contribution in [3.05, 3.63) is 69.9 Å². The molecule has 2 N–H and O–H groups in total. The van der Waals surface area contributed by atoms with Gasteiger partial charge < -0.3 is 10.6 Å². The van der Waals surface area contributed by atoms with Crippen molar-refractivity contribution in [1.29, 1.82) is 0 Å². The van der Waals surface area contributed by atoms with Gasteiger partial charge in [-0.05, 0) is 61.1 Å². The number of fused-ring (bicyclic) bond motifs is 1. The highest BCUT2D eigenvalue weighted by molar-refractivity contribution is 6.01. The summed E-state index contributed by atoms with van der Waals surface area (Å²) in [6.45, 7) is 8.08. The SMILES string of the molecule is Cc1cc2c(cc1C)N[C@H](c1c(F)cccc1F)C1=C(CC(C)(C)CC1=O)N2.